The molecular formula is C14H10ClFN2. The minimum Gasteiger partial charge on any atom is -0.339 e. The maximum atomic E-state index is 13.3. The molecule has 0 saturated heterocycles. The van der Waals surface area contributed by atoms with E-state index >= 15 is 0 Å². The van der Waals surface area contributed by atoms with Crippen LogP contribution in [-0.4, -0.2) is 4.68 Å². The van der Waals surface area contributed by atoms with Crippen LogP contribution < -0.4 is 5.84 Å². The molecule has 2 N–H and O–H groups in total. The topological polar surface area (TPSA) is 30.9 Å². The molecule has 0 aliphatic carbocycles. The van der Waals surface area contributed by atoms with Gasteiger partial charge in [0.05, 0.1) is 5.52 Å². The normalized spacial score (nSPS) is 11.0. The van der Waals surface area contributed by atoms with Crippen LogP contribution >= 0.6 is 11.6 Å². The van der Waals surface area contributed by atoms with Gasteiger partial charge in [-0.25, -0.2) is 4.39 Å². The maximum absolute atomic E-state index is 13.3. The molecule has 0 atom stereocenters. The van der Waals surface area contributed by atoms with Crippen molar-refractivity contribution in [3.05, 3.63) is 59.5 Å². The van der Waals surface area contributed by atoms with Gasteiger partial charge in [0.1, 0.15) is 5.82 Å². The molecule has 0 aliphatic rings. The quantitative estimate of drug-likeness (QED) is 0.663. The third-order valence-electron chi connectivity index (χ3n) is 2.95. The van der Waals surface area contributed by atoms with Gasteiger partial charge in [-0.05, 0) is 35.9 Å². The van der Waals surface area contributed by atoms with E-state index in [0.29, 0.717) is 5.02 Å². The Morgan fingerprint density at radius 2 is 1.78 bits per heavy atom. The summed E-state index contributed by atoms with van der Waals surface area (Å²) in [7, 11) is 0. The Morgan fingerprint density at radius 3 is 2.50 bits per heavy atom. The molecule has 90 valence electrons. The van der Waals surface area contributed by atoms with E-state index in [9.17, 15) is 4.39 Å². The number of nitrogen functional groups attached to an aromatic ring is 1. The second kappa shape index (κ2) is 4.03. The molecule has 4 heteroatoms. The molecule has 1 heterocycles. The Morgan fingerprint density at radius 1 is 1.06 bits per heavy atom. The van der Waals surface area contributed by atoms with Crippen molar-refractivity contribution in [2.45, 2.75) is 0 Å². The highest BCUT2D eigenvalue weighted by atomic mass is 35.5. The summed E-state index contributed by atoms with van der Waals surface area (Å²) in [6.07, 6.45) is 1.79. The molecule has 0 saturated carbocycles. The molecule has 0 radical (unpaired) electrons. The first kappa shape index (κ1) is 11.1. The van der Waals surface area contributed by atoms with Crippen molar-refractivity contribution in [1.82, 2.24) is 4.68 Å². The molecule has 3 aromatic rings. The van der Waals surface area contributed by atoms with Gasteiger partial charge in [-0.1, -0.05) is 23.7 Å². The van der Waals surface area contributed by atoms with E-state index in [0.717, 1.165) is 22.0 Å². The number of hydrogen-bond donors (Lipinski definition) is 1. The minimum absolute atomic E-state index is 0.274. The Bertz CT molecular complexity index is 716. The van der Waals surface area contributed by atoms with Crippen LogP contribution in [0, 0.1) is 5.82 Å². The Labute approximate surface area is 108 Å². The lowest BCUT2D eigenvalue weighted by Crippen LogP contribution is -2.04. The monoisotopic (exact) mass is 260 g/mol. The Kier molecular flexibility index (Phi) is 2.49. The predicted molar refractivity (Wildman–Crippen MR) is 72.5 cm³/mol. The van der Waals surface area contributed by atoms with Gasteiger partial charge in [0, 0.05) is 22.2 Å². The second-order valence-electron chi connectivity index (χ2n) is 4.12. The zero-order chi connectivity index (χ0) is 12.7. The summed E-state index contributed by atoms with van der Waals surface area (Å²) in [4.78, 5) is 0. The average Bonchev–Trinajstić information content (AvgIpc) is 2.67. The number of benzene rings is 2. The molecule has 0 fully saturated rings. The molecule has 2 nitrogen and oxygen atoms in total. The van der Waals surface area contributed by atoms with Gasteiger partial charge in [0.2, 0.25) is 0 Å². The van der Waals surface area contributed by atoms with Crippen LogP contribution in [0.4, 0.5) is 4.39 Å². The lowest BCUT2D eigenvalue weighted by atomic mass is 10.1. The van der Waals surface area contributed by atoms with Crippen LogP contribution in [0.1, 0.15) is 0 Å². The fraction of sp³-hybridized carbons (Fsp3) is 0. The van der Waals surface area contributed by atoms with Crippen molar-refractivity contribution in [3.8, 4) is 11.1 Å². The molecule has 0 spiro atoms. The molecule has 0 bridgehead atoms. The highest BCUT2D eigenvalue weighted by molar-refractivity contribution is 6.30. The summed E-state index contributed by atoms with van der Waals surface area (Å²) < 4.78 is 14.8. The summed E-state index contributed by atoms with van der Waals surface area (Å²) in [5.41, 5.74) is 2.64. The van der Waals surface area contributed by atoms with Crippen LogP contribution in [0.2, 0.25) is 5.02 Å². The van der Waals surface area contributed by atoms with E-state index in [-0.39, 0.29) is 5.82 Å². The number of nitrogens with two attached hydrogens (primary N) is 1. The smallest absolute Gasteiger partial charge is 0.123 e. The van der Waals surface area contributed by atoms with Crippen molar-refractivity contribution in [2.24, 2.45) is 0 Å². The van der Waals surface area contributed by atoms with Crippen molar-refractivity contribution in [1.29, 1.82) is 0 Å². The number of nitrogens with zero attached hydrogens (tertiary/aromatic N) is 1. The number of hydrogen-bond acceptors (Lipinski definition) is 1. The minimum atomic E-state index is -0.274. The lowest BCUT2D eigenvalue weighted by Gasteiger charge is -1.99. The van der Waals surface area contributed by atoms with E-state index in [1.165, 1.54) is 16.8 Å². The van der Waals surface area contributed by atoms with Crippen LogP contribution in [0.15, 0.2) is 48.7 Å². The standard InChI is InChI=1S/C14H10ClFN2/c15-10-3-1-9(2-4-10)13-8-18(17)14-6-5-11(16)7-12(13)14/h1-8H,17H2. The average molecular weight is 261 g/mol. The molecule has 18 heavy (non-hydrogen) atoms. The van der Waals surface area contributed by atoms with Gasteiger partial charge >= 0.3 is 0 Å². The predicted octanol–water partition coefficient (Wildman–Crippen LogP) is 3.81. The zero-order valence-corrected chi connectivity index (χ0v) is 10.2. The Balaban J connectivity index is 2.28. The maximum Gasteiger partial charge on any atom is 0.123 e. The molecule has 2 aromatic carbocycles. The molecule has 0 unspecified atom stereocenters. The highest BCUT2D eigenvalue weighted by Gasteiger charge is 2.09. The highest BCUT2D eigenvalue weighted by Crippen LogP contribution is 2.30. The number of halogens is 2. The van der Waals surface area contributed by atoms with Gasteiger partial charge in [-0.15, -0.1) is 0 Å². The third-order valence-corrected chi connectivity index (χ3v) is 3.20. The van der Waals surface area contributed by atoms with E-state index in [1.807, 2.05) is 12.1 Å². The van der Waals surface area contributed by atoms with Crippen LogP contribution in [0.3, 0.4) is 0 Å². The molecule has 0 aliphatic heterocycles. The van der Waals surface area contributed by atoms with Gasteiger partial charge in [-0.3, -0.25) is 4.68 Å². The van der Waals surface area contributed by atoms with E-state index in [4.69, 9.17) is 17.4 Å². The summed E-state index contributed by atoms with van der Waals surface area (Å²) in [6, 6.07) is 11.9. The van der Waals surface area contributed by atoms with Crippen LogP contribution in [0.5, 0.6) is 0 Å². The van der Waals surface area contributed by atoms with E-state index in [2.05, 4.69) is 0 Å². The van der Waals surface area contributed by atoms with Crippen molar-refractivity contribution in [3.63, 3.8) is 0 Å². The fourth-order valence-corrected chi connectivity index (χ4v) is 2.21. The van der Waals surface area contributed by atoms with Crippen LogP contribution in [0.25, 0.3) is 22.0 Å². The molecule has 1 aromatic heterocycles. The SMILES string of the molecule is Nn1cc(-c2ccc(Cl)cc2)c2cc(F)ccc21. The summed E-state index contributed by atoms with van der Waals surface area (Å²) >= 11 is 5.86. The van der Waals surface area contributed by atoms with Crippen LogP contribution in [-0.2, 0) is 0 Å². The third kappa shape index (κ3) is 1.73. The summed E-state index contributed by atoms with van der Waals surface area (Å²) in [5.74, 6) is 5.59. The lowest BCUT2D eigenvalue weighted by molar-refractivity contribution is 0.629. The van der Waals surface area contributed by atoms with Gasteiger partial charge in [0.15, 0.2) is 0 Å². The number of rotatable bonds is 1. The summed E-state index contributed by atoms with van der Waals surface area (Å²) in [6.45, 7) is 0. The van der Waals surface area contributed by atoms with Crippen molar-refractivity contribution in [2.75, 3.05) is 5.84 Å². The first-order chi connectivity index (χ1) is 8.65. The first-order valence-electron chi connectivity index (χ1n) is 5.47. The van der Waals surface area contributed by atoms with Gasteiger partial charge < -0.3 is 5.84 Å². The molecule has 0 amide bonds. The zero-order valence-electron chi connectivity index (χ0n) is 9.40. The van der Waals surface area contributed by atoms with E-state index in [1.54, 1.807) is 24.4 Å². The Hall–Kier alpha value is -2.00. The number of aromatic nitrogens is 1. The fourth-order valence-electron chi connectivity index (χ4n) is 2.09. The van der Waals surface area contributed by atoms with Gasteiger partial charge in [-0.2, -0.15) is 0 Å². The van der Waals surface area contributed by atoms with E-state index < -0.39 is 0 Å². The second-order valence-corrected chi connectivity index (χ2v) is 4.55. The van der Waals surface area contributed by atoms with Crippen molar-refractivity contribution < 1.29 is 4.39 Å². The van der Waals surface area contributed by atoms with Gasteiger partial charge in [0.25, 0.3) is 0 Å². The summed E-state index contributed by atoms with van der Waals surface area (Å²) in [5, 5.41) is 1.46. The number of fused-ring (bicyclic) bond motifs is 1. The largest absolute Gasteiger partial charge is 0.339 e. The first-order valence-corrected chi connectivity index (χ1v) is 5.84. The molecule has 3 rings (SSSR count). The molecular weight excluding hydrogens is 251 g/mol. The van der Waals surface area contributed by atoms with Crippen molar-refractivity contribution >= 4 is 22.5 Å².